The van der Waals surface area contributed by atoms with Crippen molar-refractivity contribution in [3.8, 4) is 5.75 Å². The molecule has 2 saturated heterocycles. The first-order valence-corrected chi connectivity index (χ1v) is 14.5. The predicted molar refractivity (Wildman–Crippen MR) is 151 cm³/mol. The SMILES string of the molecule is COC(=O)C(CN1CCC(C(=O)Nc2ccc(Cl)cc2OC(F)F)(n2ncc(Cl)c2C(C)C)CC1)C1CCOCC1. The molecule has 1 aromatic heterocycles. The lowest BCUT2D eigenvalue weighted by Crippen LogP contribution is -2.55. The van der Waals surface area contributed by atoms with Gasteiger partial charge >= 0.3 is 12.6 Å². The van der Waals surface area contributed by atoms with Gasteiger partial charge in [0.1, 0.15) is 5.54 Å². The topological polar surface area (TPSA) is 94.9 Å². The number of nitrogens with one attached hydrogen (secondary N) is 1. The fraction of sp³-hybridized carbons (Fsp3) is 0.607. The molecule has 2 aromatic rings. The number of carbonyl (C=O) groups excluding carboxylic acids is 2. The number of nitrogens with zero attached hydrogens (tertiary/aromatic N) is 3. The van der Waals surface area contributed by atoms with Gasteiger partial charge in [-0.25, -0.2) is 0 Å². The molecule has 1 aromatic carbocycles. The van der Waals surface area contributed by atoms with Crippen molar-refractivity contribution < 1.29 is 32.6 Å². The number of carbonyl (C=O) groups is 2. The van der Waals surface area contributed by atoms with E-state index in [2.05, 4.69) is 20.1 Å². The van der Waals surface area contributed by atoms with Crippen molar-refractivity contribution >= 4 is 40.8 Å². The summed E-state index contributed by atoms with van der Waals surface area (Å²) < 4.78 is 43.2. The molecule has 13 heteroatoms. The molecular formula is C28H36Cl2F2N4O5. The van der Waals surface area contributed by atoms with Crippen molar-refractivity contribution in [1.29, 1.82) is 0 Å². The molecule has 3 heterocycles. The molecule has 1 N–H and O–H groups in total. The zero-order chi connectivity index (χ0) is 29.7. The molecule has 41 heavy (non-hydrogen) atoms. The summed E-state index contributed by atoms with van der Waals surface area (Å²) in [6, 6.07) is 4.14. The first-order valence-electron chi connectivity index (χ1n) is 13.7. The average molecular weight is 618 g/mol. The maximum atomic E-state index is 14.1. The largest absolute Gasteiger partial charge is 0.469 e. The van der Waals surface area contributed by atoms with Crippen molar-refractivity contribution in [2.24, 2.45) is 11.8 Å². The van der Waals surface area contributed by atoms with Gasteiger partial charge < -0.3 is 24.4 Å². The Morgan fingerprint density at radius 1 is 1.20 bits per heavy atom. The fourth-order valence-corrected chi connectivity index (χ4v) is 6.34. The number of likely N-dealkylation sites (tertiary alicyclic amines) is 1. The summed E-state index contributed by atoms with van der Waals surface area (Å²) >= 11 is 12.5. The summed E-state index contributed by atoms with van der Waals surface area (Å²) in [5.41, 5.74) is -0.411. The number of methoxy groups -OCH3 is 1. The van der Waals surface area contributed by atoms with Crippen LogP contribution in [0.15, 0.2) is 24.4 Å². The fourth-order valence-electron chi connectivity index (χ4n) is 5.84. The Morgan fingerprint density at radius 3 is 2.49 bits per heavy atom. The van der Waals surface area contributed by atoms with Gasteiger partial charge in [0.05, 0.1) is 35.6 Å². The maximum Gasteiger partial charge on any atom is 0.387 e. The summed E-state index contributed by atoms with van der Waals surface area (Å²) in [4.78, 5) is 29.0. The van der Waals surface area contributed by atoms with Crippen LogP contribution in [-0.4, -0.2) is 73.1 Å². The summed E-state index contributed by atoms with van der Waals surface area (Å²) in [6.07, 6.45) is 3.78. The van der Waals surface area contributed by atoms with Crippen molar-refractivity contribution in [3.63, 3.8) is 0 Å². The number of alkyl halides is 2. The number of benzene rings is 1. The van der Waals surface area contributed by atoms with Crippen molar-refractivity contribution in [2.75, 3.05) is 45.3 Å². The third kappa shape index (κ3) is 7.13. The average Bonchev–Trinajstić information content (AvgIpc) is 3.35. The van der Waals surface area contributed by atoms with Gasteiger partial charge in [-0.15, -0.1) is 0 Å². The molecule has 226 valence electrons. The van der Waals surface area contributed by atoms with E-state index < -0.39 is 18.1 Å². The van der Waals surface area contributed by atoms with E-state index in [1.807, 2.05) is 13.8 Å². The van der Waals surface area contributed by atoms with Crippen LogP contribution in [0.4, 0.5) is 14.5 Å². The summed E-state index contributed by atoms with van der Waals surface area (Å²) in [7, 11) is 1.40. The van der Waals surface area contributed by atoms with Crippen LogP contribution in [0, 0.1) is 11.8 Å². The number of halogens is 4. The molecule has 0 radical (unpaired) electrons. The van der Waals surface area contributed by atoms with Crippen molar-refractivity contribution in [1.82, 2.24) is 14.7 Å². The lowest BCUT2D eigenvalue weighted by atomic mass is 9.82. The van der Waals surface area contributed by atoms with Gasteiger partial charge in [-0.05, 0) is 49.7 Å². The highest BCUT2D eigenvalue weighted by Crippen LogP contribution is 2.39. The van der Waals surface area contributed by atoms with E-state index in [1.165, 1.54) is 31.5 Å². The van der Waals surface area contributed by atoms with Crippen LogP contribution in [0.3, 0.4) is 0 Å². The van der Waals surface area contributed by atoms with Gasteiger partial charge in [0, 0.05) is 43.9 Å². The monoisotopic (exact) mass is 616 g/mol. The Bertz CT molecular complexity index is 1210. The van der Waals surface area contributed by atoms with Crippen LogP contribution >= 0.6 is 23.2 Å². The molecule has 0 bridgehead atoms. The van der Waals surface area contributed by atoms with Crippen LogP contribution in [0.25, 0.3) is 0 Å². The van der Waals surface area contributed by atoms with Gasteiger partial charge in [-0.1, -0.05) is 37.0 Å². The molecule has 0 saturated carbocycles. The lowest BCUT2D eigenvalue weighted by Gasteiger charge is -2.43. The zero-order valence-corrected chi connectivity index (χ0v) is 24.9. The van der Waals surface area contributed by atoms with Gasteiger partial charge in [0.15, 0.2) is 5.75 Å². The van der Waals surface area contributed by atoms with Crippen LogP contribution in [0.2, 0.25) is 10.0 Å². The lowest BCUT2D eigenvalue weighted by molar-refractivity contribution is -0.150. The third-order valence-corrected chi connectivity index (χ3v) is 8.55. The van der Waals surface area contributed by atoms with E-state index in [-0.39, 0.29) is 40.2 Å². The zero-order valence-electron chi connectivity index (χ0n) is 23.4. The molecule has 2 aliphatic rings. The van der Waals surface area contributed by atoms with E-state index >= 15 is 0 Å². The second-order valence-corrected chi connectivity index (χ2v) is 11.7. The number of hydrogen-bond donors (Lipinski definition) is 1. The molecule has 2 fully saturated rings. The highest BCUT2D eigenvalue weighted by Gasteiger charge is 2.47. The number of anilines is 1. The van der Waals surface area contributed by atoms with E-state index in [0.717, 1.165) is 12.8 Å². The highest BCUT2D eigenvalue weighted by atomic mass is 35.5. The van der Waals surface area contributed by atoms with Crippen LogP contribution < -0.4 is 10.1 Å². The molecule has 0 spiro atoms. The molecule has 9 nitrogen and oxygen atoms in total. The van der Waals surface area contributed by atoms with Gasteiger partial charge in [0.25, 0.3) is 5.91 Å². The summed E-state index contributed by atoms with van der Waals surface area (Å²) in [5, 5.41) is 7.95. The molecule has 1 unspecified atom stereocenters. The highest BCUT2D eigenvalue weighted by molar-refractivity contribution is 6.31. The second-order valence-electron chi connectivity index (χ2n) is 10.8. The van der Waals surface area contributed by atoms with E-state index in [4.69, 9.17) is 32.7 Å². The minimum atomic E-state index is -3.10. The number of ether oxygens (including phenoxy) is 3. The summed E-state index contributed by atoms with van der Waals surface area (Å²) in [6.45, 7) is 3.52. The third-order valence-electron chi connectivity index (χ3n) is 8.02. The normalized spacial score (nSPS) is 18.9. The van der Waals surface area contributed by atoms with Crippen molar-refractivity contribution in [3.05, 3.63) is 40.1 Å². The number of hydrogen-bond acceptors (Lipinski definition) is 7. The number of amides is 1. The Labute approximate surface area is 248 Å². The van der Waals surface area contributed by atoms with Crippen LogP contribution in [-0.2, 0) is 24.6 Å². The van der Waals surface area contributed by atoms with Gasteiger partial charge in [0.2, 0.25) is 0 Å². The summed E-state index contributed by atoms with van der Waals surface area (Å²) in [5.74, 6) is -1.12. The quantitative estimate of drug-likeness (QED) is 0.349. The predicted octanol–water partition coefficient (Wildman–Crippen LogP) is 5.56. The molecule has 0 aliphatic carbocycles. The first kappa shape index (κ1) is 31.5. The molecule has 2 aliphatic heterocycles. The Kier molecular flexibility index (Phi) is 10.5. The number of aromatic nitrogens is 2. The van der Waals surface area contributed by atoms with Gasteiger partial charge in [-0.3, -0.25) is 14.3 Å². The van der Waals surface area contributed by atoms with Crippen LogP contribution in [0.5, 0.6) is 5.75 Å². The Morgan fingerprint density at radius 2 is 1.88 bits per heavy atom. The smallest absolute Gasteiger partial charge is 0.387 e. The maximum absolute atomic E-state index is 14.1. The van der Waals surface area contributed by atoms with E-state index in [9.17, 15) is 18.4 Å². The molecule has 4 rings (SSSR count). The Balaban J connectivity index is 1.62. The minimum Gasteiger partial charge on any atom is -0.469 e. The first-order chi connectivity index (χ1) is 19.6. The number of esters is 1. The standard InChI is InChI=1S/C28H36Cl2F2N4O5/c1-17(2)24-21(30)15-33-36(24)28(26(38)34-22-5-4-19(29)14-23(22)41-27(31)32)8-10-35(11-9-28)16-20(25(37)39-3)18-6-12-40-13-7-18/h4-5,14-15,17-18,20,27H,6-13,16H2,1-3H3,(H,34,38). The van der Waals surface area contributed by atoms with Gasteiger partial charge in [-0.2, -0.15) is 13.9 Å². The van der Waals surface area contributed by atoms with Crippen molar-refractivity contribution in [2.45, 2.75) is 57.6 Å². The molecule has 1 amide bonds. The Hall–Kier alpha value is -2.47. The van der Waals surface area contributed by atoms with E-state index in [0.29, 0.717) is 56.4 Å². The number of rotatable bonds is 10. The molecular weight excluding hydrogens is 581 g/mol. The van der Waals surface area contributed by atoms with E-state index in [1.54, 1.807) is 4.68 Å². The second kappa shape index (κ2) is 13.7. The van der Waals surface area contributed by atoms with Crippen LogP contribution in [0.1, 0.15) is 51.1 Å². The molecule has 1 atom stereocenters. The minimum absolute atomic E-state index is 0.0433. The number of piperidine rings is 1.